The van der Waals surface area contributed by atoms with Gasteiger partial charge in [-0.1, -0.05) is 18.2 Å². The largest absolute Gasteiger partial charge is 0.464 e. The number of nitrogens with zero attached hydrogens (tertiary/aromatic N) is 3. The molecule has 0 unspecified atom stereocenters. The van der Waals surface area contributed by atoms with Crippen LogP contribution in [0.25, 0.3) is 0 Å². The maximum Gasteiger partial charge on any atom is 0.416 e. The van der Waals surface area contributed by atoms with E-state index in [-0.39, 0.29) is 23.4 Å². The summed E-state index contributed by atoms with van der Waals surface area (Å²) in [6.45, 7) is 4.97. The normalized spacial score (nSPS) is 23.5. The Morgan fingerprint density at radius 2 is 1.73 bits per heavy atom. The van der Waals surface area contributed by atoms with E-state index in [0.29, 0.717) is 43.0 Å². The molecule has 5 nitrogen and oxygen atoms in total. The van der Waals surface area contributed by atoms with Gasteiger partial charge in [0, 0.05) is 24.3 Å². The van der Waals surface area contributed by atoms with Gasteiger partial charge in [0.1, 0.15) is 0 Å². The van der Waals surface area contributed by atoms with Crippen molar-refractivity contribution in [2.24, 2.45) is 11.8 Å². The number of aromatic nitrogens is 2. The topological polar surface area (TPSA) is 55.3 Å². The van der Waals surface area contributed by atoms with E-state index >= 15 is 0 Å². The molecule has 0 N–H and O–H groups in total. The van der Waals surface area contributed by atoms with Crippen molar-refractivity contribution in [3.63, 3.8) is 0 Å². The minimum Gasteiger partial charge on any atom is -0.464 e. The van der Waals surface area contributed by atoms with Gasteiger partial charge in [-0.2, -0.15) is 13.2 Å². The molecule has 1 aliphatic heterocycles. The summed E-state index contributed by atoms with van der Waals surface area (Å²) in [7, 11) is 1.32. The predicted molar refractivity (Wildman–Crippen MR) is 105 cm³/mol. The van der Waals surface area contributed by atoms with Gasteiger partial charge in [0.05, 0.1) is 12.7 Å². The van der Waals surface area contributed by atoms with Crippen LogP contribution in [0.15, 0.2) is 24.3 Å². The van der Waals surface area contributed by atoms with Crippen molar-refractivity contribution in [3.05, 3.63) is 52.3 Å². The maximum absolute atomic E-state index is 13.4. The molecule has 1 aliphatic carbocycles. The number of benzene rings is 1. The Labute approximate surface area is 173 Å². The third-order valence-corrected chi connectivity index (χ3v) is 6.50. The van der Waals surface area contributed by atoms with Crippen LogP contribution in [0, 0.1) is 25.7 Å². The molecule has 1 aromatic carbocycles. The number of carbonyl (C=O) groups excluding carboxylic acids is 1. The zero-order valence-corrected chi connectivity index (χ0v) is 17.2. The maximum atomic E-state index is 13.4. The van der Waals surface area contributed by atoms with E-state index in [0.717, 1.165) is 5.69 Å². The molecule has 0 spiro atoms. The number of hydrogen-bond donors (Lipinski definition) is 0. The second-order valence-electron chi connectivity index (χ2n) is 8.25. The molecule has 1 aromatic heterocycles. The van der Waals surface area contributed by atoms with Crippen molar-refractivity contribution in [2.45, 2.75) is 38.8 Å². The van der Waals surface area contributed by atoms with Crippen molar-refractivity contribution in [1.82, 2.24) is 9.97 Å². The highest BCUT2D eigenvalue weighted by Gasteiger charge is 2.44. The van der Waals surface area contributed by atoms with Crippen LogP contribution >= 0.6 is 0 Å². The Morgan fingerprint density at radius 1 is 1.10 bits per heavy atom. The molecule has 0 amide bonds. The molecule has 2 heterocycles. The Bertz CT molecular complexity index is 963. The van der Waals surface area contributed by atoms with Crippen LogP contribution in [0.1, 0.15) is 51.6 Å². The van der Waals surface area contributed by atoms with Gasteiger partial charge in [0.2, 0.25) is 5.95 Å². The molecule has 0 bridgehead atoms. The van der Waals surface area contributed by atoms with Crippen LogP contribution in [0.2, 0.25) is 0 Å². The van der Waals surface area contributed by atoms with Crippen molar-refractivity contribution in [1.29, 1.82) is 0 Å². The van der Waals surface area contributed by atoms with Gasteiger partial charge in [-0.05, 0) is 56.1 Å². The molecule has 0 radical (unpaired) electrons. The summed E-state index contributed by atoms with van der Waals surface area (Å²) < 4.78 is 45.1. The highest BCUT2D eigenvalue weighted by Crippen LogP contribution is 2.49. The second-order valence-corrected chi connectivity index (χ2v) is 8.25. The van der Waals surface area contributed by atoms with Crippen LogP contribution in [-0.4, -0.2) is 36.1 Å². The Hall–Kier alpha value is -2.64. The van der Waals surface area contributed by atoms with E-state index in [1.807, 2.05) is 11.8 Å². The standard InChI is InChI=1S/C22H24F3N3O2/c1-12-13(2)26-21(27-19(12)20(29)30-3)28-10-15-8-14(9-16(15)11-28)17-6-4-5-7-18(17)22(23,24)25/h4-7,14-16H,8-11H2,1-3H3/t14-,15+,16-. The van der Waals surface area contributed by atoms with E-state index in [1.165, 1.54) is 19.2 Å². The first kappa shape index (κ1) is 20.6. The molecular weight excluding hydrogens is 395 g/mol. The van der Waals surface area contributed by atoms with E-state index in [2.05, 4.69) is 9.97 Å². The fraction of sp³-hybridized carbons (Fsp3) is 0.500. The van der Waals surface area contributed by atoms with Gasteiger partial charge < -0.3 is 9.64 Å². The van der Waals surface area contributed by atoms with Crippen LogP contribution in [0.4, 0.5) is 19.1 Å². The summed E-state index contributed by atoms with van der Waals surface area (Å²) in [6, 6.07) is 5.91. The summed E-state index contributed by atoms with van der Waals surface area (Å²) in [6.07, 6.45) is -2.91. The Kier molecular flexibility index (Phi) is 5.20. The monoisotopic (exact) mass is 419 g/mol. The van der Waals surface area contributed by atoms with Gasteiger partial charge in [-0.25, -0.2) is 14.8 Å². The first-order valence-electron chi connectivity index (χ1n) is 10.0. The highest BCUT2D eigenvalue weighted by atomic mass is 19.4. The average molecular weight is 419 g/mol. The summed E-state index contributed by atoms with van der Waals surface area (Å²) >= 11 is 0. The van der Waals surface area contributed by atoms with Gasteiger partial charge in [-0.3, -0.25) is 0 Å². The number of halogens is 3. The van der Waals surface area contributed by atoms with E-state index in [1.54, 1.807) is 19.1 Å². The van der Waals surface area contributed by atoms with Gasteiger partial charge >= 0.3 is 12.1 Å². The van der Waals surface area contributed by atoms with E-state index in [9.17, 15) is 18.0 Å². The van der Waals surface area contributed by atoms with Gasteiger partial charge in [-0.15, -0.1) is 0 Å². The molecule has 2 fully saturated rings. The number of hydrogen-bond acceptors (Lipinski definition) is 5. The molecule has 1 saturated carbocycles. The van der Waals surface area contributed by atoms with Crippen LogP contribution in [0.3, 0.4) is 0 Å². The molecule has 2 aromatic rings. The smallest absolute Gasteiger partial charge is 0.416 e. The second kappa shape index (κ2) is 7.56. The molecule has 2 aliphatic rings. The zero-order chi connectivity index (χ0) is 21.6. The van der Waals surface area contributed by atoms with Crippen molar-refractivity contribution in [2.75, 3.05) is 25.1 Å². The first-order chi connectivity index (χ1) is 14.2. The lowest BCUT2D eigenvalue weighted by atomic mass is 9.91. The molecular formula is C22H24F3N3O2. The van der Waals surface area contributed by atoms with E-state index in [4.69, 9.17) is 4.74 Å². The van der Waals surface area contributed by atoms with Gasteiger partial charge in [0.15, 0.2) is 5.69 Å². The first-order valence-corrected chi connectivity index (χ1v) is 10.0. The third-order valence-electron chi connectivity index (χ3n) is 6.50. The molecule has 30 heavy (non-hydrogen) atoms. The molecule has 3 atom stereocenters. The van der Waals surface area contributed by atoms with Crippen LogP contribution in [-0.2, 0) is 10.9 Å². The molecule has 160 valence electrons. The fourth-order valence-corrected chi connectivity index (χ4v) is 4.88. The number of anilines is 1. The minimum atomic E-state index is -4.34. The lowest BCUT2D eigenvalue weighted by Gasteiger charge is -2.22. The summed E-state index contributed by atoms with van der Waals surface area (Å²) in [5.41, 5.74) is 1.55. The molecule has 8 heteroatoms. The summed E-state index contributed by atoms with van der Waals surface area (Å²) in [5, 5.41) is 0. The van der Waals surface area contributed by atoms with Crippen LogP contribution in [0.5, 0.6) is 0 Å². The highest BCUT2D eigenvalue weighted by molar-refractivity contribution is 5.89. The number of alkyl halides is 3. The number of ether oxygens (including phenoxy) is 1. The zero-order valence-electron chi connectivity index (χ0n) is 17.2. The fourth-order valence-electron chi connectivity index (χ4n) is 4.88. The number of aryl methyl sites for hydroxylation is 1. The number of carbonyl (C=O) groups is 1. The number of esters is 1. The number of rotatable bonds is 3. The SMILES string of the molecule is COC(=O)c1nc(N2C[C@H]3C[C@H](c4ccccc4C(F)(F)F)C[C@H]3C2)nc(C)c1C. The quantitative estimate of drug-likeness (QED) is 0.685. The van der Waals surface area contributed by atoms with Gasteiger partial charge in [0.25, 0.3) is 0 Å². The number of fused-ring (bicyclic) bond motifs is 1. The third kappa shape index (κ3) is 3.63. The minimum absolute atomic E-state index is 0.0914. The lowest BCUT2D eigenvalue weighted by molar-refractivity contribution is -0.138. The Morgan fingerprint density at radius 3 is 2.33 bits per heavy atom. The van der Waals surface area contributed by atoms with Crippen molar-refractivity contribution >= 4 is 11.9 Å². The van der Waals surface area contributed by atoms with Crippen LogP contribution < -0.4 is 4.90 Å². The number of methoxy groups -OCH3 is 1. The van der Waals surface area contributed by atoms with Crippen molar-refractivity contribution in [3.8, 4) is 0 Å². The predicted octanol–water partition coefficient (Wildman–Crippen LogP) is 4.53. The van der Waals surface area contributed by atoms with Crippen molar-refractivity contribution < 1.29 is 22.7 Å². The average Bonchev–Trinajstić information content (AvgIpc) is 3.28. The lowest BCUT2D eigenvalue weighted by Crippen LogP contribution is -2.26. The molecule has 4 rings (SSSR count). The summed E-state index contributed by atoms with van der Waals surface area (Å²) in [5.74, 6) is 0.458. The molecule has 1 saturated heterocycles. The summed E-state index contributed by atoms with van der Waals surface area (Å²) in [4.78, 5) is 23.1. The Balaban J connectivity index is 1.53. The van der Waals surface area contributed by atoms with E-state index < -0.39 is 17.7 Å².